The van der Waals surface area contributed by atoms with Gasteiger partial charge in [0.1, 0.15) is 17.1 Å². The number of ether oxygens (including phenoxy) is 1. The predicted octanol–water partition coefficient (Wildman–Crippen LogP) is 3.22. The number of rotatable bonds is 5. The number of aliphatic imine (C=N–C) groups is 1. The van der Waals surface area contributed by atoms with Crippen molar-refractivity contribution in [2.75, 3.05) is 0 Å². The lowest BCUT2D eigenvalue weighted by molar-refractivity contribution is 0.0378. The molecule has 0 atom stereocenters. The van der Waals surface area contributed by atoms with Crippen molar-refractivity contribution in [3.8, 4) is 5.75 Å². The maximum atomic E-state index is 11.8. The summed E-state index contributed by atoms with van der Waals surface area (Å²) in [5.74, 6) is -0.180. The lowest BCUT2D eigenvalue weighted by Crippen LogP contribution is -2.11. The molecule has 0 saturated heterocycles. The van der Waals surface area contributed by atoms with Gasteiger partial charge in [-0.15, -0.1) is 0 Å². The van der Waals surface area contributed by atoms with Gasteiger partial charge in [-0.3, -0.25) is 4.99 Å². The Labute approximate surface area is 139 Å². The zero-order valence-electron chi connectivity index (χ0n) is 13.8. The minimum atomic E-state index is -0.646. The molecule has 1 aromatic carbocycles. The van der Waals surface area contributed by atoms with Gasteiger partial charge in [0.2, 0.25) is 0 Å². The SMILES string of the molecule is CCc1cc(O)c(C=Nc2ccc(C(=O)OC(C)C)cc2)c(=O)o1. The van der Waals surface area contributed by atoms with Gasteiger partial charge in [0.05, 0.1) is 17.4 Å². The fourth-order valence-corrected chi connectivity index (χ4v) is 1.94. The van der Waals surface area contributed by atoms with E-state index in [4.69, 9.17) is 9.15 Å². The topological polar surface area (TPSA) is 89.1 Å². The smallest absolute Gasteiger partial charge is 0.348 e. The van der Waals surface area contributed by atoms with Crippen LogP contribution < -0.4 is 5.63 Å². The van der Waals surface area contributed by atoms with Crippen molar-refractivity contribution >= 4 is 17.9 Å². The first kappa shape index (κ1) is 17.5. The highest BCUT2D eigenvalue weighted by Crippen LogP contribution is 2.17. The van der Waals surface area contributed by atoms with Crippen LogP contribution >= 0.6 is 0 Å². The van der Waals surface area contributed by atoms with Crippen molar-refractivity contribution in [1.82, 2.24) is 0 Å². The molecule has 2 aromatic rings. The van der Waals surface area contributed by atoms with Crippen molar-refractivity contribution in [3.63, 3.8) is 0 Å². The average Bonchev–Trinajstić information content (AvgIpc) is 2.53. The van der Waals surface area contributed by atoms with Gasteiger partial charge >= 0.3 is 11.6 Å². The fourth-order valence-electron chi connectivity index (χ4n) is 1.94. The number of aromatic hydroxyl groups is 1. The summed E-state index contributed by atoms with van der Waals surface area (Å²) in [6.45, 7) is 5.37. The lowest BCUT2D eigenvalue weighted by Gasteiger charge is -2.07. The van der Waals surface area contributed by atoms with Crippen molar-refractivity contribution < 1.29 is 19.1 Å². The van der Waals surface area contributed by atoms with E-state index in [1.165, 1.54) is 12.3 Å². The number of aryl methyl sites for hydroxylation is 1. The van der Waals surface area contributed by atoms with Crippen LogP contribution in [0.1, 0.15) is 42.5 Å². The fraction of sp³-hybridized carbons (Fsp3) is 0.278. The van der Waals surface area contributed by atoms with Gasteiger partial charge in [-0.1, -0.05) is 6.92 Å². The quantitative estimate of drug-likeness (QED) is 0.672. The molecule has 1 N–H and O–H groups in total. The van der Waals surface area contributed by atoms with Crippen LogP contribution in [0.2, 0.25) is 0 Å². The van der Waals surface area contributed by atoms with Crippen LogP contribution in [-0.2, 0) is 11.2 Å². The Morgan fingerprint density at radius 1 is 1.33 bits per heavy atom. The first-order valence-electron chi connectivity index (χ1n) is 7.61. The first-order valence-corrected chi connectivity index (χ1v) is 7.61. The number of nitrogens with zero attached hydrogens (tertiary/aromatic N) is 1. The molecular weight excluding hydrogens is 310 g/mol. The van der Waals surface area contributed by atoms with E-state index in [1.54, 1.807) is 38.1 Å². The molecule has 0 bridgehead atoms. The molecule has 0 aliphatic rings. The normalized spacial score (nSPS) is 11.2. The van der Waals surface area contributed by atoms with Crippen LogP contribution in [0.4, 0.5) is 5.69 Å². The highest BCUT2D eigenvalue weighted by Gasteiger charge is 2.10. The van der Waals surface area contributed by atoms with E-state index in [0.717, 1.165) is 0 Å². The third-order valence-corrected chi connectivity index (χ3v) is 3.15. The Hall–Kier alpha value is -2.89. The Bertz CT molecular complexity index is 803. The molecule has 0 aliphatic heterocycles. The first-order chi connectivity index (χ1) is 11.4. The second kappa shape index (κ2) is 7.59. The molecule has 0 saturated carbocycles. The molecule has 6 heteroatoms. The van der Waals surface area contributed by atoms with E-state index >= 15 is 0 Å². The van der Waals surface area contributed by atoms with Crippen molar-refractivity contribution in [1.29, 1.82) is 0 Å². The summed E-state index contributed by atoms with van der Waals surface area (Å²) in [5, 5.41) is 9.87. The summed E-state index contributed by atoms with van der Waals surface area (Å²) in [5.41, 5.74) is 0.273. The number of hydrogen-bond acceptors (Lipinski definition) is 6. The molecule has 0 spiro atoms. The van der Waals surface area contributed by atoms with E-state index in [2.05, 4.69) is 4.99 Å². The molecule has 0 radical (unpaired) electrons. The maximum absolute atomic E-state index is 11.8. The Kier molecular flexibility index (Phi) is 5.52. The van der Waals surface area contributed by atoms with Crippen LogP contribution in [-0.4, -0.2) is 23.4 Å². The van der Waals surface area contributed by atoms with Crippen LogP contribution in [0.25, 0.3) is 0 Å². The largest absolute Gasteiger partial charge is 0.507 e. The second-order valence-corrected chi connectivity index (χ2v) is 5.41. The van der Waals surface area contributed by atoms with Crippen LogP contribution in [0.5, 0.6) is 5.75 Å². The molecule has 0 unspecified atom stereocenters. The third-order valence-electron chi connectivity index (χ3n) is 3.15. The molecule has 0 fully saturated rings. The highest BCUT2D eigenvalue weighted by atomic mass is 16.5. The summed E-state index contributed by atoms with van der Waals surface area (Å²) >= 11 is 0. The monoisotopic (exact) mass is 329 g/mol. The van der Waals surface area contributed by atoms with Crippen LogP contribution in [0, 0.1) is 0 Å². The zero-order chi connectivity index (χ0) is 17.7. The lowest BCUT2D eigenvalue weighted by atomic mass is 10.2. The Morgan fingerprint density at radius 2 is 2.00 bits per heavy atom. The van der Waals surface area contributed by atoms with Crippen LogP contribution in [0.3, 0.4) is 0 Å². The summed E-state index contributed by atoms with van der Waals surface area (Å²) in [6.07, 6.45) is 1.56. The maximum Gasteiger partial charge on any atom is 0.348 e. The van der Waals surface area contributed by atoms with E-state index in [0.29, 0.717) is 23.4 Å². The van der Waals surface area contributed by atoms with Gasteiger partial charge in [0.25, 0.3) is 0 Å². The summed E-state index contributed by atoms with van der Waals surface area (Å²) < 4.78 is 10.1. The van der Waals surface area contributed by atoms with E-state index in [-0.39, 0.29) is 17.4 Å². The molecule has 1 aromatic heterocycles. The minimum Gasteiger partial charge on any atom is -0.507 e. The summed E-state index contributed by atoms with van der Waals surface area (Å²) in [7, 11) is 0. The molecular formula is C18H19NO5. The van der Waals surface area contributed by atoms with Gasteiger partial charge in [-0.2, -0.15) is 0 Å². The summed E-state index contributed by atoms with van der Waals surface area (Å²) in [6, 6.07) is 7.80. The van der Waals surface area contributed by atoms with Gasteiger partial charge in [-0.05, 0) is 38.1 Å². The van der Waals surface area contributed by atoms with Gasteiger partial charge in [-0.25, -0.2) is 9.59 Å². The predicted molar refractivity (Wildman–Crippen MR) is 90.3 cm³/mol. The molecule has 126 valence electrons. The van der Waals surface area contributed by atoms with Crippen LogP contribution in [0.15, 0.2) is 44.5 Å². The molecule has 0 amide bonds. The number of benzene rings is 1. The van der Waals surface area contributed by atoms with Gasteiger partial charge < -0.3 is 14.3 Å². The number of carbonyl (C=O) groups is 1. The molecule has 0 aliphatic carbocycles. The molecule has 6 nitrogen and oxygen atoms in total. The van der Waals surface area contributed by atoms with Crippen molar-refractivity contribution in [2.24, 2.45) is 4.99 Å². The van der Waals surface area contributed by atoms with Gasteiger partial charge in [0, 0.05) is 18.7 Å². The van der Waals surface area contributed by atoms with E-state index in [9.17, 15) is 14.7 Å². The second-order valence-electron chi connectivity index (χ2n) is 5.41. The Balaban J connectivity index is 2.18. The number of carbonyl (C=O) groups excluding carboxylic acids is 1. The van der Waals surface area contributed by atoms with E-state index in [1.807, 2.05) is 6.92 Å². The standard InChI is InChI=1S/C18H19NO5/c1-4-14-9-16(20)15(18(22)24-14)10-19-13-7-5-12(6-8-13)17(21)23-11(2)3/h5-11,20H,4H2,1-3H3. The van der Waals surface area contributed by atoms with Crippen molar-refractivity contribution in [2.45, 2.75) is 33.3 Å². The average molecular weight is 329 g/mol. The number of hydrogen-bond donors (Lipinski definition) is 1. The number of esters is 1. The minimum absolute atomic E-state index is 0.0181. The van der Waals surface area contributed by atoms with Crippen molar-refractivity contribution in [3.05, 3.63) is 57.6 Å². The molecule has 2 rings (SSSR count). The highest BCUT2D eigenvalue weighted by molar-refractivity contribution is 5.90. The Morgan fingerprint density at radius 3 is 2.54 bits per heavy atom. The molecule has 24 heavy (non-hydrogen) atoms. The molecule has 1 heterocycles. The van der Waals surface area contributed by atoms with E-state index < -0.39 is 11.6 Å². The van der Waals surface area contributed by atoms with Gasteiger partial charge in [0.15, 0.2) is 0 Å². The third kappa shape index (κ3) is 4.32. The zero-order valence-corrected chi connectivity index (χ0v) is 13.8. The summed E-state index contributed by atoms with van der Waals surface area (Å²) in [4.78, 5) is 27.7.